The summed E-state index contributed by atoms with van der Waals surface area (Å²) in [6, 6.07) is 20.1. The molecule has 0 unspecified atom stereocenters. The molecule has 3 N–H and O–H groups in total. The number of piperidine rings is 1. The van der Waals surface area contributed by atoms with E-state index < -0.39 is 10.0 Å². The van der Waals surface area contributed by atoms with E-state index in [2.05, 4.69) is 21.3 Å². The van der Waals surface area contributed by atoms with Crippen molar-refractivity contribution in [2.45, 2.75) is 30.3 Å². The summed E-state index contributed by atoms with van der Waals surface area (Å²) in [7, 11) is -3.74. The van der Waals surface area contributed by atoms with Crippen LogP contribution in [0.2, 0.25) is 0 Å². The number of benzene rings is 3. The molecular formula is C30H29N7O3S. The van der Waals surface area contributed by atoms with E-state index in [1.165, 1.54) is 12.4 Å². The number of sulfonamides is 1. The third-order valence-corrected chi connectivity index (χ3v) is 8.94. The van der Waals surface area contributed by atoms with Crippen LogP contribution >= 0.6 is 0 Å². The normalized spacial score (nSPS) is 15.8. The smallest absolute Gasteiger partial charge is 0.246 e. The second-order valence-electron chi connectivity index (χ2n) is 10.0. The number of nitrogens with one attached hydrogen (secondary N) is 1. The molecule has 0 saturated carbocycles. The monoisotopic (exact) mass is 567 g/mol. The molecule has 0 spiro atoms. The molecule has 2 aromatic heterocycles. The van der Waals surface area contributed by atoms with E-state index in [0.29, 0.717) is 41.0 Å². The van der Waals surface area contributed by atoms with Gasteiger partial charge < -0.3 is 10.6 Å². The zero-order valence-corrected chi connectivity index (χ0v) is 23.1. The Morgan fingerprint density at radius 3 is 2.66 bits per heavy atom. The number of nitrogens with two attached hydrogens (primary N) is 1. The Labute approximate surface area is 237 Å². The third-order valence-electron chi connectivity index (χ3n) is 7.48. The summed E-state index contributed by atoms with van der Waals surface area (Å²) >= 11 is 0. The molecule has 1 aliphatic heterocycles. The Bertz CT molecular complexity index is 1880. The third kappa shape index (κ3) is 5.05. The number of carbonyl (C=O) groups is 1. The van der Waals surface area contributed by atoms with Crippen LogP contribution in [0.4, 0.5) is 5.82 Å². The number of likely N-dealkylation sites (tertiary alicyclic amines) is 1. The minimum atomic E-state index is -3.74. The lowest BCUT2D eigenvalue weighted by Gasteiger charge is -2.32. The Balaban J connectivity index is 1.26. The lowest BCUT2D eigenvalue weighted by molar-refractivity contribution is -0.127. The minimum absolute atomic E-state index is 0.0686. The maximum atomic E-state index is 13.1. The van der Waals surface area contributed by atoms with Crippen molar-refractivity contribution >= 4 is 43.6 Å². The van der Waals surface area contributed by atoms with Crippen LogP contribution < -0.4 is 10.5 Å². The molecule has 208 valence electrons. The van der Waals surface area contributed by atoms with Gasteiger partial charge in [-0.3, -0.25) is 4.79 Å². The van der Waals surface area contributed by atoms with Crippen LogP contribution in [0.25, 0.3) is 33.1 Å². The molecule has 0 radical (unpaired) electrons. The number of nitrogens with zero attached hydrogens (tertiary/aromatic N) is 5. The maximum Gasteiger partial charge on any atom is 0.246 e. The number of rotatable bonds is 7. The Kier molecular flexibility index (Phi) is 6.98. The molecule has 11 heteroatoms. The van der Waals surface area contributed by atoms with Crippen LogP contribution in [-0.2, 0) is 21.4 Å². The number of carbonyl (C=O) groups excluding carboxylic acids is 1. The van der Waals surface area contributed by atoms with Gasteiger partial charge in [-0.05, 0) is 35.9 Å². The Hall–Kier alpha value is -4.61. The van der Waals surface area contributed by atoms with E-state index in [1.54, 1.807) is 23.1 Å². The lowest BCUT2D eigenvalue weighted by Crippen LogP contribution is -2.40. The standard InChI is InChI=1S/C30H29N7O3S/c1-2-26(38)36-16-6-9-23(18-36)37-30-27(29(31)32-19-33-30)28(35-37)22-14-12-20(13-15-22)17-34-41(39,40)25-11-5-8-21-7-3-4-10-24(21)25/h2-5,7-8,10-15,19,23,34H,1,6,9,16-18H2,(H2,31,32,33)/t23-/m1/s1. The molecule has 1 saturated heterocycles. The van der Waals surface area contributed by atoms with E-state index in [1.807, 2.05) is 53.2 Å². The second kappa shape index (κ2) is 10.8. The van der Waals surface area contributed by atoms with Crippen LogP contribution in [0.15, 0.2) is 90.6 Å². The summed E-state index contributed by atoms with van der Waals surface area (Å²) in [5.41, 5.74) is 9.12. The van der Waals surface area contributed by atoms with Gasteiger partial charge in [0.05, 0.1) is 16.3 Å². The zero-order valence-electron chi connectivity index (χ0n) is 22.3. The molecule has 3 aromatic carbocycles. The number of anilines is 1. The van der Waals surface area contributed by atoms with Crippen LogP contribution in [0.1, 0.15) is 24.4 Å². The summed E-state index contributed by atoms with van der Waals surface area (Å²) in [4.78, 5) is 23.0. The van der Waals surface area contributed by atoms with Crippen molar-refractivity contribution in [2.75, 3.05) is 18.8 Å². The van der Waals surface area contributed by atoms with Crippen molar-refractivity contribution in [3.8, 4) is 11.3 Å². The van der Waals surface area contributed by atoms with Gasteiger partial charge in [-0.1, -0.05) is 67.2 Å². The molecule has 1 aliphatic rings. The van der Waals surface area contributed by atoms with Crippen molar-refractivity contribution in [1.82, 2.24) is 29.4 Å². The van der Waals surface area contributed by atoms with Crippen LogP contribution in [0.3, 0.4) is 0 Å². The number of nitrogen functional groups attached to an aromatic ring is 1. The number of hydrogen-bond acceptors (Lipinski definition) is 7. The highest BCUT2D eigenvalue weighted by atomic mass is 32.2. The highest BCUT2D eigenvalue weighted by molar-refractivity contribution is 7.89. The summed E-state index contributed by atoms with van der Waals surface area (Å²) in [5.74, 6) is 0.213. The first-order valence-electron chi connectivity index (χ1n) is 13.3. The van der Waals surface area contributed by atoms with Crippen molar-refractivity contribution < 1.29 is 13.2 Å². The Morgan fingerprint density at radius 2 is 1.85 bits per heavy atom. The van der Waals surface area contributed by atoms with Gasteiger partial charge in [0.25, 0.3) is 0 Å². The number of hydrogen-bond donors (Lipinski definition) is 2. The summed E-state index contributed by atoms with van der Waals surface area (Å²) in [5, 5.41) is 7.09. The second-order valence-corrected chi connectivity index (χ2v) is 11.8. The van der Waals surface area contributed by atoms with Gasteiger partial charge >= 0.3 is 0 Å². The zero-order chi connectivity index (χ0) is 28.6. The van der Waals surface area contributed by atoms with Gasteiger partial charge in [0, 0.05) is 30.6 Å². The molecule has 10 nitrogen and oxygen atoms in total. The summed E-state index contributed by atoms with van der Waals surface area (Å²) in [6.45, 7) is 4.92. The number of amides is 1. The molecule has 3 heterocycles. The van der Waals surface area contributed by atoms with E-state index in [0.717, 1.165) is 29.4 Å². The van der Waals surface area contributed by atoms with Crippen molar-refractivity contribution in [1.29, 1.82) is 0 Å². The number of aromatic nitrogens is 4. The van der Waals surface area contributed by atoms with Crippen LogP contribution in [0.5, 0.6) is 0 Å². The van der Waals surface area contributed by atoms with E-state index in [-0.39, 0.29) is 23.4 Å². The predicted octanol–water partition coefficient (Wildman–Crippen LogP) is 4.06. The summed E-state index contributed by atoms with van der Waals surface area (Å²) < 4.78 is 30.9. The fraction of sp³-hybridized carbons (Fsp3) is 0.200. The molecule has 0 bridgehead atoms. The van der Waals surface area contributed by atoms with Crippen molar-refractivity contribution in [2.24, 2.45) is 0 Å². The fourth-order valence-corrected chi connectivity index (χ4v) is 6.65. The van der Waals surface area contributed by atoms with Gasteiger partial charge in [0.15, 0.2) is 5.65 Å². The number of fused-ring (bicyclic) bond motifs is 2. The molecule has 1 fully saturated rings. The van der Waals surface area contributed by atoms with Crippen LogP contribution in [-0.4, -0.2) is 52.1 Å². The van der Waals surface area contributed by atoms with E-state index in [9.17, 15) is 13.2 Å². The van der Waals surface area contributed by atoms with Gasteiger partial charge in [0.1, 0.15) is 17.8 Å². The fourth-order valence-electron chi connectivity index (χ4n) is 5.40. The molecule has 1 amide bonds. The molecule has 5 aromatic rings. The molecule has 0 aliphatic carbocycles. The first kappa shape index (κ1) is 26.6. The van der Waals surface area contributed by atoms with Gasteiger partial charge in [0.2, 0.25) is 15.9 Å². The molecule has 6 rings (SSSR count). The topological polar surface area (TPSA) is 136 Å². The maximum absolute atomic E-state index is 13.1. The molecule has 41 heavy (non-hydrogen) atoms. The lowest BCUT2D eigenvalue weighted by atomic mass is 10.1. The molecular weight excluding hydrogens is 538 g/mol. The average Bonchev–Trinajstić information content (AvgIpc) is 3.41. The highest BCUT2D eigenvalue weighted by Gasteiger charge is 2.28. The van der Waals surface area contributed by atoms with Gasteiger partial charge in [-0.15, -0.1) is 0 Å². The highest BCUT2D eigenvalue weighted by Crippen LogP contribution is 2.34. The summed E-state index contributed by atoms with van der Waals surface area (Å²) in [6.07, 6.45) is 4.43. The van der Waals surface area contributed by atoms with Crippen molar-refractivity contribution in [3.05, 3.63) is 91.3 Å². The van der Waals surface area contributed by atoms with Gasteiger partial charge in [-0.2, -0.15) is 5.10 Å². The predicted molar refractivity (Wildman–Crippen MR) is 158 cm³/mol. The molecule has 1 atom stereocenters. The quantitative estimate of drug-likeness (QED) is 0.283. The van der Waals surface area contributed by atoms with Crippen molar-refractivity contribution in [3.63, 3.8) is 0 Å². The van der Waals surface area contributed by atoms with E-state index in [4.69, 9.17) is 10.8 Å². The minimum Gasteiger partial charge on any atom is -0.383 e. The largest absolute Gasteiger partial charge is 0.383 e. The first-order chi connectivity index (χ1) is 19.9. The van der Waals surface area contributed by atoms with Crippen LogP contribution in [0, 0.1) is 0 Å². The average molecular weight is 568 g/mol. The van der Waals surface area contributed by atoms with E-state index >= 15 is 0 Å². The SMILES string of the molecule is C=CC(=O)N1CCC[C@@H](n2nc(-c3ccc(CNS(=O)(=O)c4cccc5ccccc45)cc3)c3c(N)ncnc32)C1. The Morgan fingerprint density at radius 1 is 1.07 bits per heavy atom. The van der Waals surface area contributed by atoms with Gasteiger partial charge in [-0.25, -0.2) is 27.8 Å². The first-order valence-corrected chi connectivity index (χ1v) is 14.8.